The molecule has 3 atom stereocenters. The van der Waals surface area contributed by atoms with Crippen LogP contribution in [0.15, 0.2) is 28.8 Å². The van der Waals surface area contributed by atoms with Crippen molar-refractivity contribution in [2.45, 2.75) is 50.7 Å². The highest BCUT2D eigenvalue weighted by Crippen LogP contribution is 2.55. The molecule has 1 spiro atoms. The molecule has 3 aliphatic heterocycles. The average molecular weight is 395 g/mol. The number of rotatable bonds is 4. The van der Waals surface area contributed by atoms with Crippen molar-refractivity contribution in [1.82, 2.24) is 19.9 Å². The van der Waals surface area contributed by atoms with E-state index < -0.39 is 11.5 Å². The Labute approximate surface area is 169 Å². The predicted molar refractivity (Wildman–Crippen MR) is 105 cm³/mol. The SMILES string of the molecule is CCc1nc(CN(C)C(=O)[C@@H]2C[C@H]3CCCN3[C@]23C(=O)Nc2ccccc23)no1. The maximum absolute atomic E-state index is 13.6. The number of para-hydroxylation sites is 1. The van der Waals surface area contributed by atoms with Gasteiger partial charge in [-0.25, -0.2) is 0 Å². The molecule has 3 aliphatic rings. The molecule has 8 nitrogen and oxygen atoms in total. The van der Waals surface area contributed by atoms with Gasteiger partial charge in [0, 0.05) is 30.8 Å². The summed E-state index contributed by atoms with van der Waals surface area (Å²) < 4.78 is 5.17. The molecule has 0 bridgehead atoms. The fourth-order valence-electron chi connectivity index (χ4n) is 5.42. The summed E-state index contributed by atoms with van der Waals surface area (Å²) >= 11 is 0. The molecule has 2 saturated heterocycles. The molecule has 1 aromatic heterocycles. The molecule has 1 N–H and O–H groups in total. The third-order valence-corrected chi connectivity index (χ3v) is 6.64. The van der Waals surface area contributed by atoms with Crippen LogP contribution in [0.3, 0.4) is 0 Å². The Kier molecular flexibility index (Phi) is 4.20. The van der Waals surface area contributed by atoms with E-state index in [9.17, 15) is 9.59 Å². The number of carbonyl (C=O) groups excluding carboxylic acids is 2. The first-order valence-electron chi connectivity index (χ1n) is 10.3. The van der Waals surface area contributed by atoms with Crippen molar-refractivity contribution in [2.24, 2.45) is 5.92 Å². The van der Waals surface area contributed by atoms with Crippen LogP contribution in [0.2, 0.25) is 0 Å². The van der Waals surface area contributed by atoms with Crippen LogP contribution in [0.1, 0.15) is 43.5 Å². The van der Waals surface area contributed by atoms with Gasteiger partial charge in [-0.05, 0) is 31.9 Å². The highest BCUT2D eigenvalue weighted by atomic mass is 16.5. The van der Waals surface area contributed by atoms with Gasteiger partial charge in [0.2, 0.25) is 17.7 Å². The fraction of sp³-hybridized carbons (Fsp3) is 0.524. The van der Waals surface area contributed by atoms with Crippen LogP contribution in [-0.2, 0) is 28.1 Å². The fourth-order valence-corrected chi connectivity index (χ4v) is 5.42. The Morgan fingerprint density at radius 2 is 2.24 bits per heavy atom. The molecule has 4 heterocycles. The summed E-state index contributed by atoms with van der Waals surface area (Å²) in [5, 5.41) is 7.00. The minimum Gasteiger partial charge on any atom is -0.339 e. The van der Waals surface area contributed by atoms with Crippen molar-refractivity contribution in [3.8, 4) is 0 Å². The molecule has 1 aromatic carbocycles. The van der Waals surface area contributed by atoms with E-state index in [1.54, 1.807) is 11.9 Å². The van der Waals surface area contributed by atoms with Gasteiger partial charge in [0.15, 0.2) is 5.82 Å². The largest absolute Gasteiger partial charge is 0.339 e. The molecule has 152 valence electrons. The number of benzene rings is 1. The second kappa shape index (κ2) is 6.66. The Morgan fingerprint density at radius 3 is 3.03 bits per heavy atom. The van der Waals surface area contributed by atoms with Gasteiger partial charge in [0.05, 0.1) is 12.5 Å². The maximum atomic E-state index is 13.6. The van der Waals surface area contributed by atoms with E-state index in [2.05, 4.69) is 20.4 Å². The zero-order chi connectivity index (χ0) is 20.2. The summed E-state index contributed by atoms with van der Waals surface area (Å²) in [7, 11) is 1.75. The molecule has 0 saturated carbocycles. The topological polar surface area (TPSA) is 91.6 Å². The second-order valence-electron chi connectivity index (χ2n) is 8.20. The summed E-state index contributed by atoms with van der Waals surface area (Å²) in [6.45, 7) is 3.05. The lowest BCUT2D eigenvalue weighted by Crippen LogP contribution is -2.54. The van der Waals surface area contributed by atoms with Crippen molar-refractivity contribution in [3.05, 3.63) is 41.5 Å². The van der Waals surface area contributed by atoms with E-state index in [4.69, 9.17) is 4.52 Å². The van der Waals surface area contributed by atoms with E-state index >= 15 is 0 Å². The monoisotopic (exact) mass is 395 g/mol. The Morgan fingerprint density at radius 1 is 1.41 bits per heavy atom. The molecule has 2 aromatic rings. The number of amides is 2. The standard InChI is InChI=1S/C21H25N5O3/c1-3-18-23-17(24-29-18)12-25(2)19(27)15-11-13-7-6-10-26(13)21(15)14-8-4-5-9-16(14)22-20(21)28/h4-5,8-9,13,15H,3,6-7,10-12H2,1-2H3,(H,22,28)/t13-,15+,21+/m1/s1. The molecule has 0 aliphatic carbocycles. The van der Waals surface area contributed by atoms with Gasteiger partial charge in [0.25, 0.3) is 0 Å². The minimum absolute atomic E-state index is 0.0471. The number of anilines is 1. The summed E-state index contributed by atoms with van der Waals surface area (Å²) in [5.74, 6) is 0.486. The smallest absolute Gasteiger partial charge is 0.250 e. The van der Waals surface area contributed by atoms with Gasteiger partial charge in [-0.3, -0.25) is 14.5 Å². The number of aryl methyl sites for hydroxylation is 1. The Bertz CT molecular complexity index is 973. The third-order valence-electron chi connectivity index (χ3n) is 6.64. The van der Waals surface area contributed by atoms with E-state index in [1.165, 1.54) is 0 Å². The van der Waals surface area contributed by atoms with Gasteiger partial charge in [-0.1, -0.05) is 30.3 Å². The molecule has 0 radical (unpaired) electrons. The van der Waals surface area contributed by atoms with Crippen LogP contribution in [0.5, 0.6) is 0 Å². The number of aromatic nitrogens is 2. The predicted octanol–water partition coefficient (Wildman–Crippen LogP) is 1.92. The number of hydrogen-bond acceptors (Lipinski definition) is 6. The molecule has 8 heteroatoms. The maximum Gasteiger partial charge on any atom is 0.250 e. The van der Waals surface area contributed by atoms with Crippen molar-refractivity contribution < 1.29 is 14.1 Å². The van der Waals surface area contributed by atoms with E-state index in [-0.39, 0.29) is 24.4 Å². The minimum atomic E-state index is -0.922. The lowest BCUT2D eigenvalue weighted by molar-refractivity contribution is -0.143. The van der Waals surface area contributed by atoms with Gasteiger partial charge >= 0.3 is 0 Å². The van der Waals surface area contributed by atoms with Crippen LogP contribution >= 0.6 is 0 Å². The first-order chi connectivity index (χ1) is 14.1. The zero-order valence-electron chi connectivity index (χ0n) is 16.7. The zero-order valence-corrected chi connectivity index (χ0v) is 16.7. The lowest BCUT2D eigenvalue weighted by atomic mass is 9.78. The summed E-state index contributed by atoms with van der Waals surface area (Å²) in [6.07, 6.45) is 3.43. The van der Waals surface area contributed by atoms with E-state index in [1.807, 2.05) is 31.2 Å². The number of nitrogens with one attached hydrogen (secondary N) is 1. The molecule has 2 amide bonds. The molecule has 0 unspecified atom stereocenters. The highest BCUT2D eigenvalue weighted by Gasteiger charge is 2.65. The number of fused-ring (bicyclic) bond motifs is 4. The van der Waals surface area contributed by atoms with Crippen molar-refractivity contribution in [2.75, 3.05) is 18.9 Å². The Hall–Kier alpha value is -2.74. The van der Waals surface area contributed by atoms with Crippen molar-refractivity contribution in [1.29, 1.82) is 0 Å². The number of hydrogen-bond donors (Lipinski definition) is 1. The van der Waals surface area contributed by atoms with Gasteiger partial charge in [0.1, 0.15) is 5.54 Å². The summed E-state index contributed by atoms with van der Waals surface area (Å²) in [6, 6.07) is 8.02. The van der Waals surface area contributed by atoms with Crippen molar-refractivity contribution in [3.63, 3.8) is 0 Å². The highest BCUT2D eigenvalue weighted by molar-refractivity contribution is 6.09. The van der Waals surface area contributed by atoms with E-state index in [0.717, 1.165) is 30.6 Å². The summed E-state index contributed by atoms with van der Waals surface area (Å²) in [5.41, 5.74) is 0.819. The van der Waals surface area contributed by atoms with Crippen LogP contribution in [-0.4, -0.2) is 51.4 Å². The van der Waals surface area contributed by atoms with Crippen LogP contribution in [0.4, 0.5) is 5.69 Å². The normalized spacial score (nSPS) is 27.9. The first-order valence-corrected chi connectivity index (χ1v) is 10.3. The molecular weight excluding hydrogens is 370 g/mol. The van der Waals surface area contributed by atoms with Gasteiger partial charge < -0.3 is 14.7 Å². The van der Waals surface area contributed by atoms with Crippen molar-refractivity contribution >= 4 is 17.5 Å². The number of carbonyl (C=O) groups is 2. The average Bonchev–Trinajstić information content (AvgIpc) is 3.47. The van der Waals surface area contributed by atoms with Crippen LogP contribution in [0.25, 0.3) is 0 Å². The lowest BCUT2D eigenvalue weighted by Gasteiger charge is -2.37. The third kappa shape index (κ3) is 2.55. The van der Waals surface area contributed by atoms with E-state index in [0.29, 0.717) is 24.6 Å². The first kappa shape index (κ1) is 18.3. The Balaban J connectivity index is 1.50. The van der Waals surface area contributed by atoms with Gasteiger partial charge in [-0.2, -0.15) is 4.98 Å². The summed E-state index contributed by atoms with van der Waals surface area (Å²) in [4.78, 5) is 35.2. The molecule has 29 heavy (non-hydrogen) atoms. The second-order valence-corrected chi connectivity index (χ2v) is 8.20. The molecule has 5 rings (SSSR count). The number of nitrogens with zero attached hydrogens (tertiary/aromatic N) is 4. The molecular formula is C21H25N5O3. The quantitative estimate of drug-likeness (QED) is 0.851. The van der Waals surface area contributed by atoms with Gasteiger partial charge in [-0.15, -0.1) is 0 Å². The van der Waals surface area contributed by atoms with Crippen LogP contribution < -0.4 is 5.32 Å². The van der Waals surface area contributed by atoms with Crippen LogP contribution in [0, 0.1) is 5.92 Å². The molecule has 2 fully saturated rings.